The number of hydrogen-bond acceptors (Lipinski definition) is 6. The van der Waals surface area contributed by atoms with E-state index in [4.69, 9.17) is 11.0 Å². The number of rotatable bonds is 5. The topological polar surface area (TPSA) is 117 Å². The summed E-state index contributed by atoms with van der Waals surface area (Å²) in [5.41, 5.74) is 10.9. The van der Waals surface area contributed by atoms with Crippen molar-refractivity contribution in [2.45, 2.75) is 33.2 Å². The second kappa shape index (κ2) is 7.64. The Kier molecular flexibility index (Phi) is 5.00. The van der Waals surface area contributed by atoms with E-state index < -0.39 is 0 Å². The van der Waals surface area contributed by atoms with Gasteiger partial charge < -0.3 is 16.4 Å². The van der Waals surface area contributed by atoms with Gasteiger partial charge in [0.2, 0.25) is 5.91 Å². The standard InChI is InChI=1S/C23H24N6O/c1-12(2)28-21-11-26-9-18(13(21)3)14-4-15-7-22(27-10-19(15)20(25)6-14)29-23(30)17-5-16(17)8-24/h4,6-7,9-12,16-17,28H,5,25H2,1-3H3,(H,27,29,30). The molecule has 152 valence electrons. The Bertz CT molecular complexity index is 1180. The minimum atomic E-state index is -0.242. The molecule has 7 heteroatoms. The van der Waals surface area contributed by atoms with Crippen molar-refractivity contribution >= 4 is 33.9 Å². The number of benzene rings is 1. The Hall–Kier alpha value is -3.66. The third kappa shape index (κ3) is 3.77. The summed E-state index contributed by atoms with van der Waals surface area (Å²) in [6.45, 7) is 6.23. The first kappa shape index (κ1) is 19.6. The number of carbonyl (C=O) groups excluding carboxylic acids is 1. The second-order valence-electron chi connectivity index (χ2n) is 8.08. The summed E-state index contributed by atoms with van der Waals surface area (Å²) >= 11 is 0. The molecule has 2 aromatic heterocycles. The number of amides is 1. The number of pyridine rings is 2. The molecule has 4 rings (SSSR count). The van der Waals surface area contributed by atoms with Gasteiger partial charge in [-0.1, -0.05) is 0 Å². The number of nitrogen functional groups attached to an aromatic ring is 1. The van der Waals surface area contributed by atoms with Crippen molar-refractivity contribution in [2.75, 3.05) is 16.4 Å². The van der Waals surface area contributed by atoms with Crippen LogP contribution in [0, 0.1) is 30.1 Å². The molecule has 3 aromatic rings. The molecule has 4 N–H and O–H groups in total. The van der Waals surface area contributed by atoms with Crippen LogP contribution in [0.4, 0.5) is 17.2 Å². The molecule has 1 fully saturated rings. The van der Waals surface area contributed by atoms with Gasteiger partial charge in [-0.25, -0.2) is 4.98 Å². The third-order valence-corrected chi connectivity index (χ3v) is 5.38. The quantitative estimate of drug-likeness (QED) is 0.555. The molecule has 2 heterocycles. The largest absolute Gasteiger partial charge is 0.398 e. The lowest BCUT2D eigenvalue weighted by Gasteiger charge is -2.16. The van der Waals surface area contributed by atoms with Crippen LogP contribution in [0.1, 0.15) is 25.8 Å². The molecule has 1 aromatic carbocycles. The van der Waals surface area contributed by atoms with E-state index >= 15 is 0 Å². The monoisotopic (exact) mass is 400 g/mol. The van der Waals surface area contributed by atoms with Crippen LogP contribution in [0.2, 0.25) is 0 Å². The molecule has 7 nitrogen and oxygen atoms in total. The molecular formula is C23H24N6O. The number of carbonyl (C=O) groups is 1. The highest BCUT2D eigenvalue weighted by Gasteiger charge is 2.43. The molecule has 2 unspecified atom stereocenters. The molecule has 2 atom stereocenters. The van der Waals surface area contributed by atoms with Crippen molar-refractivity contribution in [3.05, 3.63) is 42.4 Å². The SMILES string of the molecule is Cc1c(NC(C)C)cncc1-c1cc(N)c2cnc(NC(=O)C3CC3C#N)cc2c1. The van der Waals surface area contributed by atoms with Gasteiger partial charge in [-0.3, -0.25) is 9.78 Å². The van der Waals surface area contributed by atoms with E-state index in [0.717, 1.165) is 33.2 Å². The first-order valence-corrected chi connectivity index (χ1v) is 9.98. The smallest absolute Gasteiger partial charge is 0.230 e. The van der Waals surface area contributed by atoms with Crippen LogP contribution in [0.15, 0.2) is 36.8 Å². The normalized spacial score (nSPS) is 17.6. The highest BCUT2D eigenvalue weighted by Crippen LogP contribution is 2.39. The highest BCUT2D eigenvalue weighted by atomic mass is 16.2. The summed E-state index contributed by atoms with van der Waals surface area (Å²) in [6.07, 6.45) is 5.94. The fourth-order valence-corrected chi connectivity index (χ4v) is 3.63. The lowest BCUT2D eigenvalue weighted by molar-refractivity contribution is -0.117. The van der Waals surface area contributed by atoms with E-state index in [1.807, 2.05) is 30.6 Å². The number of hydrogen-bond donors (Lipinski definition) is 3. The molecule has 0 bridgehead atoms. The van der Waals surface area contributed by atoms with Gasteiger partial charge in [0.25, 0.3) is 0 Å². The van der Waals surface area contributed by atoms with Crippen LogP contribution in [-0.4, -0.2) is 21.9 Å². The summed E-state index contributed by atoms with van der Waals surface area (Å²) in [5, 5.41) is 16.9. The average Bonchev–Trinajstić information content (AvgIpc) is 3.49. The maximum atomic E-state index is 12.3. The predicted molar refractivity (Wildman–Crippen MR) is 119 cm³/mol. The second-order valence-corrected chi connectivity index (χ2v) is 8.08. The van der Waals surface area contributed by atoms with E-state index in [0.29, 0.717) is 24.0 Å². The fraction of sp³-hybridized carbons (Fsp3) is 0.304. The van der Waals surface area contributed by atoms with Gasteiger partial charge in [-0.15, -0.1) is 0 Å². The van der Waals surface area contributed by atoms with Gasteiger partial charge in [0.1, 0.15) is 5.82 Å². The maximum absolute atomic E-state index is 12.3. The number of nitrogens with zero attached hydrogens (tertiary/aromatic N) is 3. The number of anilines is 3. The van der Waals surface area contributed by atoms with Crippen LogP contribution >= 0.6 is 0 Å². The Morgan fingerprint density at radius 1 is 1.27 bits per heavy atom. The fourth-order valence-electron chi connectivity index (χ4n) is 3.63. The molecular weight excluding hydrogens is 376 g/mol. The number of nitrogens with two attached hydrogens (primary N) is 1. The molecule has 0 spiro atoms. The molecule has 30 heavy (non-hydrogen) atoms. The highest BCUT2D eigenvalue weighted by molar-refractivity contribution is 6.00. The van der Waals surface area contributed by atoms with E-state index in [-0.39, 0.29) is 17.7 Å². The first-order valence-electron chi connectivity index (χ1n) is 9.98. The van der Waals surface area contributed by atoms with Gasteiger partial charge in [-0.05, 0) is 61.9 Å². The zero-order chi connectivity index (χ0) is 21.4. The number of nitrogens with one attached hydrogen (secondary N) is 2. The summed E-state index contributed by atoms with van der Waals surface area (Å²) in [6, 6.07) is 8.20. The number of nitriles is 1. The number of aromatic nitrogens is 2. The summed E-state index contributed by atoms with van der Waals surface area (Å²) < 4.78 is 0. The molecule has 1 aliphatic carbocycles. The van der Waals surface area contributed by atoms with Gasteiger partial charge in [0, 0.05) is 35.1 Å². The van der Waals surface area contributed by atoms with Crippen LogP contribution in [0.5, 0.6) is 0 Å². The lowest BCUT2D eigenvalue weighted by atomic mass is 9.98. The molecule has 0 aliphatic heterocycles. The van der Waals surface area contributed by atoms with Gasteiger partial charge >= 0.3 is 0 Å². The van der Waals surface area contributed by atoms with Crippen molar-refractivity contribution in [3.8, 4) is 17.2 Å². The van der Waals surface area contributed by atoms with E-state index in [1.165, 1.54) is 0 Å². The minimum Gasteiger partial charge on any atom is -0.398 e. The van der Waals surface area contributed by atoms with Crippen LogP contribution in [0.3, 0.4) is 0 Å². The molecule has 1 saturated carbocycles. The Morgan fingerprint density at radius 3 is 2.77 bits per heavy atom. The van der Waals surface area contributed by atoms with Crippen molar-refractivity contribution in [1.82, 2.24) is 9.97 Å². The van der Waals surface area contributed by atoms with Crippen molar-refractivity contribution < 1.29 is 4.79 Å². The van der Waals surface area contributed by atoms with E-state index in [1.54, 1.807) is 6.20 Å². The van der Waals surface area contributed by atoms with Gasteiger partial charge in [0.05, 0.1) is 29.8 Å². The molecule has 1 aliphatic rings. The van der Waals surface area contributed by atoms with Crippen LogP contribution in [0.25, 0.3) is 21.9 Å². The van der Waals surface area contributed by atoms with E-state index in [9.17, 15) is 4.79 Å². The zero-order valence-corrected chi connectivity index (χ0v) is 17.2. The number of fused-ring (bicyclic) bond motifs is 1. The summed E-state index contributed by atoms with van der Waals surface area (Å²) in [4.78, 5) is 21.0. The lowest BCUT2D eigenvalue weighted by Crippen LogP contribution is -2.15. The van der Waals surface area contributed by atoms with Crippen LogP contribution < -0.4 is 16.4 Å². The minimum absolute atomic E-state index is 0.162. The Morgan fingerprint density at radius 2 is 2.07 bits per heavy atom. The van der Waals surface area contributed by atoms with Crippen molar-refractivity contribution in [3.63, 3.8) is 0 Å². The summed E-state index contributed by atoms with van der Waals surface area (Å²) in [5.74, 6) is -0.133. The molecule has 0 saturated heterocycles. The average molecular weight is 400 g/mol. The molecule has 1 amide bonds. The van der Waals surface area contributed by atoms with Gasteiger partial charge in [-0.2, -0.15) is 5.26 Å². The van der Waals surface area contributed by atoms with Crippen LogP contribution in [-0.2, 0) is 4.79 Å². The van der Waals surface area contributed by atoms with E-state index in [2.05, 4.69) is 47.4 Å². The first-order chi connectivity index (χ1) is 14.4. The van der Waals surface area contributed by atoms with Gasteiger partial charge in [0.15, 0.2) is 0 Å². The predicted octanol–water partition coefficient (Wildman–Crippen LogP) is 4.11. The zero-order valence-electron chi connectivity index (χ0n) is 17.2. The Balaban J connectivity index is 1.69. The van der Waals surface area contributed by atoms with Crippen molar-refractivity contribution in [2.24, 2.45) is 11.8 Å². The summed E-state index contributed by atoms with van der Waals surface area (Å²) in [7, 11) is 0. The third-order valence-electron chi connectivity index (χ3n) is 5.38. The van der Waals surface area contributed by atoms with Crippen molar-refractivity contribution in [1.29, 1.82) is 5.26 Å². The molecule has 0 radical (unpaired) electrons. The Labute approximate surface area is 175 Å². The maximum Gasteiger partial charge on any atom is 0.230 e.